The normalized spacial score (nSPS) is 19.3. The fraction of sp³-hybridized carbons (Fsp3) is 0.625. The van der Waals surface area contributed by atoms with Gasteiger partial charge in [-0.05, 0) is 50.4 Å². The number of benzene rings is 1. The minimum Gasteiger partial charge on any atom is -0.369 e. The van der Waals surface area contributed by atoms with Crippen LogP contribution in [0.15, 0.2) is 18.2 Å². The van der Waals surface area contributed by atoms with Gasteiger partial charge in [0.15, 0.2) is 0 Å². The van der Waals surface area contributed by atoms with Gasteiger partial charge in [-0.1, -0.05) is 31.5 Å². The van der Waals surface area contributed by atoms with E-state index >= 15 is 0 Å². The molecule has 1 aromatic rings. The van der Waals surface area contributed by atoms with Crippen LogP contribution in [0.5, 0.6) is 0 Å². The second kappa shape index (κ2) is 6.15. The first-order valence-corrected chi connectivity index (χ1v) is 7.74. The SMILES string of the molecule is CCC1(CC)CN(c2cc(Cl)ccc2C)CCCN1. The molecule has 0 amide bonds. The topological polar surface area (TPSA) is 15.3 Å². The standard InChI is InChI=1S/C16H25ClN2/c1-4-16(5-2)12-19(10-6-9-18-16)15-11-14(17)8-7-13(15)3/h7-8,11,18H,4-6,9-10,12H2,1-3H3. The molecule has 3 heteroatoms. The zero-order valence-corrected chi connectivity index (χ0v) is 13.1. The molecule has 1 aromatic carbocycles. The van der Waals surface area contributed by atoms with Gasteiger partial charge < -0.3 is 10.2 Å². The van der Waals surface area contributed by atoms with E-state index < -0.39 is 0 Å². The molecule has 0 aliphatic carbocycles. The number of hydrogen-bond donors (Lipinski definition) is 1. The molecule has 2 nitrogen and oxygen atoms in total. The Labute approximate surface area is 122 Å². The van der Waals surface area contributed by atoms with Crippen LogP contribution in [0.25, 0.3) is 0 Å². The van der Waals surface area contributed by atoms with Gasteiger partial charge in [-0.15, -0.1) is 0 Å². The number of rotatable bonds is 3. The molecule has 0 atom stereocenters. The van der Waals surface area contributed by atoms with E-state index in [2.05, 4.69) is 43.1 Å². The molecule has 0 spiro atoms. The zero-order chi connectivity index (χ0) is 13.9. The van der Waals surface area contributed by atoms with Crippen LogP contribution in [0.4, 0.5) is 5.69 Å². The van der Waals surface area contributed by atoms with Crippen molar-refractivity contribution in [2.24, 2.45) is 0 Å². The highest BCUT2D eigenvalue weighted by Crippen LogP contribution is 2.29. The van der Waals surface area contributed by atoms with Crippen LogP contribution in [0.1, 0.15) is 38.7 Å². The summed E-state index contributed by atoms with van der Waals surface area (Å²) in [5, 5.41) is 4.58. The Bertz CT molecular complexity index is 427. The molecule has 1 aliphatic rings. The number of halogens is 1. The van der Waals surface area contributed by atoms with Gasteiger partial charge in [-0.3, -0.25) is 0 Å². The summed E-state index contributed by atoms with van der Waals surface area (Å²) in [6.07, 6.45) is 3.52. The summed E-state index contributed by atoms with van der Waals surface area (Å²) in [5.74, 6) is 0. The monoisotopic (exact) mass is 280 g/mol. The minimum atomic E-state index is 0.241. The van der Waals surface area contributed by atoms with Crippen molar-refractivity contribution in [3.05, 3.63) is 28.8 Å². The van der Waals surface area contributed by atoms with Gasteiger partial charge in [-0.2, -0.15) is 0 Å². The van der Waals surface area contributed by atoms with Crippen LogP contribution in [0.2, 0.25) is 5.02 Å². The predicted molar refractivity (Wildman–Crippen MR) is 84.3 cm³/mol. The maximum absolute atomic E-state index is 6.17. The van der Waals surface area contributed by atoms with Crippen molar-refractivity contribution >= 4 is 17.3 Å². The van der Waals surface area contributed by atoms with E-state index in [4.69, 9.17) is 11.6 Å². The highest BCUT2D eigenvalue weighted by molar-refractivity contribution is 6.30. The Kier molecular flexibility index (Phi) is 4.75. The number of nitrogens with one attached hydrogen (secondary N) is 1. The highest BCUT2D eigenvalue weighted by Gasteiger charge is 2.30. The van der Waals surface area contributed by atoms with Crippen molar-refractivity contribution in [3.63, 3.8) is 0 Å². The summed E-state index contributed by atoms with van der Waals surface area (Å²) >= 11 is 6.17. The van der Waals surface area contributed by atoms with Gasteiger partial charge in [0.1, 0.15) is 0 Å². The molecular weight excluding hydrogens is 256 g/mol. The second-order valence-corrected chi connectivity index (χ2v) is 6.06. The molecule has 2 rings (SSSR count). The van der Waals surface area contributed by atoms with E-state index in [1.165, 1.54) is 30.5 Å². The Balaban J connectivity index is 2.29. The fourth-order valence-electron chi connectivity index (χ4n) is 2.98. The van der Waals surface area contributed by atoms with Crippen LogP contribution in [0, 0.1) is 6.92 Å². The van der Waals surface area contributed by atoms with E-state index in [1.807, 2.05) is 6.07 Å². The average Bonchev–Trinajstić information content (AvgIpc) is 2.64. The van der Waals surface area contributed by atoms with Gasteiger partial charge in [0.05, 0.1) is 0 Å². The van der Waals surface area contributed by atoms with Crippen LogP contribution >= 0.6 is 11.6 Å². The largest absolute Gasteiger partial charge is 0.369 e. The summed E-state index contributed by atoms with van der Waals surface area (Å²) in [7, 11) is 0. The van der Waals surface area contributed by atoms with Gasteiger partial charge in [-0.25, -0.2) is 0 Å². The first-order valence-electron chi connectivity index (χ1n) is 7.36. The maximum atomic E-state index is 6.17. The molecule has 1 fully saturated rings. The van der Waals surface area contributed by atoms with Crippen molar-refractivity contribution in [1.29, 1.82) is 0 Å². The fourth-order valence-corrected chi connectivity index (χ4v) is 3.14. The number of hydrogen-bond acceptors (Lipinski definition) is 2. The molecule has 1 aliphatic heterocycles. The summed E-state index contributed by atoms with van der Waals surface area (Å²) < 4.78 is 0. The molecule has 19 heavy (non-hydrogen) atoms. The number of anilines is 1. The van der Waals surface area contributed by atoms with Crippen molar-refractivity contribution in [3.8, 4) is 0 Å². The molecule has 1 N–H and O–H groups in total. The average molecular weight is 281 g/mol. The maximum Gasteiger partial charge on any atom is 0.0426 e. The van der Waals surface area contributed by atoms with Gasteiger partial charge >= 0.3 is 0 Å². The van der Waals surface area contributed by atoms with Crippen LogP contribution < -0.4 is 10.2 Å². The molecule has 0 saturated carbocycles. The summed E-state index contributed by atoms with van der Waals surface area (Å²) in [6.45, 7) is 10.0. The van der Waals surface area contributed by atoms with Gasteiger partial charge in [0.25, 0.3) is 0 Å². The third kappa shape index (κ3) is 3.24. The molecule has 0 radical (unpaired) electrons. The molecule has 0 unspecified atom stereocenters. The molecule has 1 heterocycles. The van der Waals surface area contributed by atoms with Crippen molar-refractivity contribution in [1.82, 2.24) is 5.32 Å². The van der Waals surface area contributed by atoms with E-state index in [0.29, 0.717) is 0 Å². The van der Waals surface area contributed by atoms with Crippen LogP contribution in [-0.2, 0) is 0 Å². The van der Waals surface area contributed by atoms with Gasteiger partial charge in [0.2, 0.25) is 0 Å². The Morgan fingerprint density at radius 2 is 2.05 bits per heavy atom. The Morgan fingerprint density at radius 3 is 2.74 bits per heavy atom. The van der Waals surface area contributed by atoms with E-state index in [-0.39, 0.29) is 5.54 Å². The lowest BCUT2D eigenvalue weighted by Gasteiger charge is -2.37. The minimum absolute atomic E-state index is 0.241. The Hall–Kier alpha value is -0.730. The molecular formula is C16H25ClN2. The quantitative estimate of drug-likeness (QED) is 0.900. The Morgan fingerprint density at radius 1 is 1.32 bits per heavy atom. The van der Waals surface area contributed by atoms with Gasteiger partial charge in [0, 0.05) is 29.3 Å². The van der Waals surface area contributed by atoms with Crippen molar-refractivity contribution in [2.45, 2.75) is 45.6 Å². The molecule has 106 valence electrons. The van der Waals surface area contributed by atoms with Crippen molar-refractivity contribution in [2.75, 3.05) is 24.5 Å². The lowest BCUT2D eigenvalue weighted by atomic mass is 9.92. The third-order valence-corrected chi connectivity index (χ3v) is 4.70. The highest BCUT2D eigenvalue weighted by atomic mass is 35.5. The summed E-state index contributed by atoms with van der Waals surface area (Å²) in [4.78, 5) is 2.51. The lowest BCUT2D eigenvalue weighted by molar-refractivity contribution is 0.321. The summed E-state index contributed by atoms with van der Waals surface area (Å²) in [6, 6.07) is 6.21. The van der Waals surface area contributed by atoms with E-state index in [9.17, 15) is 0 Å². The van der Waals surface area contributed by atoms with Crippen molar-refractivity contribution < 1.29 is 0 Å². The zero-order valence-electron chi connectivity index (χ0n) is 12.3. The second-order valence-electron chi connectivity index (χ2n) is 5.62. The van der Waals surface area contributed by atoms with Crippen LogP contribution in [-0.4, -0.2) is 25.2 Å². The predicted octanol–water partition coefficient (Wildman–Crippen LogP) is 4.01. The smallest absolute Gasteiger partial charge is 0.0426 e. The van der Waals surface area contributed by atoms with E-state index in [0.717, 1.165) is 24.7 Å². The number of aryl methyl sites for hydroxylation is 1. The number of nitrogens with zero attached hydrogens (tertiary/aromatic N) is 1. The molecule has 0 aromatic heterocycles. The first-order chi connectivity index (χ1) is 9.10. The first kappa shape index (κ1) is 14.7. The lowest BCUT2D eigenvalue weighted by Crippen LogP contribution is -2.50. The van der Waals surface area contributed by atoms with Crippen LogP contribution in [0.3, 0.4) is 0 Å². The van der Waals surface area contributed by atoms with E-state index in [1.54, 1.807) is 0 Å². The molecule has 0 bridgehead atoms. The third-order valence-electron chi connectivity index (χ3n) is 4.46. The summed E-state index contributed by atoms with van der Waals surface area (Å²) in [5.41, 5.74) is 2.85. The molecule has 1 saturated heterocycles.